The summed E-state index contributed by atoms with van der Waals surface area (Å²) in [5.74, 6) is -0.836. The SMILES string of the molecule is CC/C=C\C/C=C\C/C=C\C/C=C\C/C=C\C/C=C\CCCCCCCCCCCCCCCCCCCCCCC(=O)OC(COC(=O)CCCCCCCC/C=C\C/C=C\C/C=C\CCCCCCC)COP(=O)(O)OCCN. The molecule has 9 nitrogen and oxygen atoms in total. The number of nitrogens with two attached hydrogens (primary N) is 1. The van der Waals surface area contributed by atoms with E-state index in [0.29, 0.717) is 12.8 Å². The van der Waals surface area contributed by atoms with E-state index in [9.17, 15) is 19.0 Å². The van der Waals surface area contributed by atoms with Gasteiger partial charge in [-0.25, -0.2) is 4.57 Å². The van der Waals surface area contributed by atoms with Gasteiger partial charge in [0, 0.05) is 19.4 Å². The summed E-state index contributed by atoms with van der Waals surface area (Å²) in [6.45, 7) is 3.62. The summed E-state index contributed by atoms with van der Waals surface area (Å²) in [6.07, 6.45) is 90.3. The predicted octanol–water partition coefficient (Wildman–Crippen LogP) is 21.7. The second-order valence-electron chi connectivity index (χ2n) is 22.0. The third-order valence-corrected chi connectivity index (χ3v) is 15.1. The molecule has 0 aliphatic rings. The Hall–Kier alpha value is -3.33. The summed E-state index contributed by atoms with van der Waals surface area (Å²) < 4.78 is 33.1. The Kier molecular flexibility index (Phi) is 63.1. The summed E-state index contributed by atoms with van der Waals surface area (Å²) in [5.41, 5.74) is 5.39. The highest BCUT2D eigenvalue weighted by atomic mass is 31.2. The quantitative estimate of drug-likeness (QED) is 0.0264. The first-order chi connectivity index (χ1) is 39.8. The molecule has 0 aromatic rings. The van der Waals surface area contributed by atoms with E-state index in [1.165, 1.54) is 161 Å². The molecule has 0 fully saturated rings. The smallest absolute Gasteiger partial charge is 0.462 e. The molecule has 2 unspecified atom stereocenters. The van der Waals surface area contributed by atoms with Crippen molar-refractivity contribution in [2.45, 2.75) is 302 Å². The number of ether oxygens (including phenoxy) is 2. The van der Waals surface area contributed by atoms with Gasteiger partial charge in [0.15, 0.2) is 6.10 Å². The number of hydrogen-bond acceptors (Lipinski definition) is 8. The molecule has 0 aromatic heterocycles. The van der Waals surface area contributed by atoms with Gasteiger partial charge in [-0.15, -0.1) is 0 Å². The number of rotatable bonds is 62. The zero-order valence-corrected chi connectivity index (χ0v) is 53.1. The van der Waals surface area contributed by atoms with Crippen molar-refractivity contribution in [1.29, 1.82) is 0 Å². The van der Waals surface area contributed by atoms with E-state index in [0.717, 1.165) is 96.3 Å². The molecule has 0 heterocycles. The van der Waals surface area contributed by atoms with Crippen LogP contribution in [0.3, 0.4) is 0 Å². The minimum atomic E-state index is -4.40. The van der Waals surface area contributed by atoms with Gasteiger partial charge in [0.2, 0.25) is 0 Å². The topological polar surface area (TPSA) is 134 Å². The van der Waals surface area contributed by atoms with E-state index in [2.05, 4.69) is 123 Å². The van der Waals surface area contributed by atoms with Crippen molar-refractivity contribution >= 4 is 19.8 Å². The molecule has 0 saturated heterocycles. The first kappa shape index (κ1) is 77.7. The summed E-state index contributed by atoms with van der Waals surface area (Å²) in [4.78, 5) is 35.3. The summed E-state index contributed by atoms with van der Waals surface area (Å²) in [5, 5.41) is 0. The summed E-state index contributed by atoms with van der Waals surface area (Å²) >= 11 is 0. The van der Waals surface area contributed by atoms with Gasteiger partial charge in [-0.3, -0.25) is 18.6 Å². The lowest BCUT2D eigenvalue weighted by atomic mass is 10.0. The number of carbonyl (C=O) groups excluding carboxylic acids is 2. The van der Waals surface area contributed by atoms with Gasteiger partial charge in [0.1, 0.15) is 6.61 Å². The maximum Gasteiger partial charge on any atom is 0.472 e. The molecule has 0 rings (SSSR count). The molecule has 81 heavy (non-hydrogen) atoms. The van der Waals surface area contributed by atoms with Gasteiger partial charge in [-0.2, -0.15) is 0 Å². The Bertz CT molecular complexity index is 1690. The van der Waals surface area contributed by atoms with E-state index < -0.39 is 32.5 Å². The Morgan fingerprint density at radius 1 is 0.383 bits per heavy atom. The van der Waals surface area contributed by atoms with Crippen LogP contribution < -0.4 is 5.73 Å². The van der Waals surface area contributed by atoms with E-state index in [1.807, 2.05) is 0 Å². The molecule has 2 atom stereocenters. The molecule has 0 amide bonds. The van der Waals surface area contributed by atoms with Crippen LogP contribution in [0.1, 0.15) is 296 Å². The van der Waals surface area contributed by atoms with Gasteiger partial charge in [-0.05, 0) is 103 Å². The molecule has 10 heteroatoms. The lowest BCUT2D eigenvalue weighted by molar-refractivity contribution is -0.161. The summed E-state index contributed by atoms with van der Waals surface area (Å²) in [6, 6.07) is 0. The van der Waals surface area contributed by atoms with Crippen LogP contribution >= 0.6 is 7.82 Å². The highest BCUT2D eigenvalue weighted by Gasteiger charge is 2.26. The van der Waals surface area contributed by atoms with Crippen LogP contribution in [0.2, 0.25) is 0 Å². The molecule has 0 spiro atoms. The molecule has 0 aliphatic carbocycles. The molecule has 0 aliphatic heterocycles. The van der Waals surface area contributed by atoms with Gasteiger partial charge >= 0.3 is 19.8 Å². The average molecular weight is 1150 g/mol. The number of phosphoric ester groups is 1. The lowest BCUT2D eigenvalue weighted by Gasteiger charge is -2.19. The van der Waals surface area contributed by atoms with Crippen molar-refractivity contribution in [2.75, 3.05) is 26.4 Å². The Balaban J connectivity index is 3.87. The van der Waals surface area contributed by atoms with Crippen LogP contribution in [0.25, 0.3) is 0 Å². The highest BCUT2D eigenvalue weighted by Crippen LogP contribution is 2.43. The zero-order chi connectivity index (χ0) is 58.7. The molecule has 0 saturated carbocycles. The van der Waals surface area contributed by atoms with E-state index in [-0.39, 0.29) is 32.6 Å². The maximum atomic E-state index is 12.7. The summed E-state index contributed by atoms with van der Waals surface area (Å²) in [7, 11) is -4.40. The number of carbonyl (C=O) groups is 2. The van der Waals surface area contributed by atoms with Gasteiger partial charge in [0.25, 0.3) is 0 Å². The van der Waals surface area contributed by atoms with Crippen molar-refractivity contribution in [3.63, 3.8) is 0 Å². The normalized spacial score (nSPS) is 13.7. The minimum Gasteiger partial charge on any atom is -0.462 e. The minimum absolute atomic E-state index is 0.0487. The highest BCUT2D eigenvalue weighted by molar-refractivity contribution is 7.47. The molecular formula is C71H124NO8P. The van der Waals surface area contributed by atoms with Gasteiger partial charge < -0.3 is 20.1 Å². The molecule has 466 valence electrons. The Morgan fingerprint density at radius 2 is 0.679 bits per heavy atom. The number of allylic oxidation sites excluding steroid dienone is 18. The molecule has 0 bridgehead atoms. The third kappa shape index (κ3) is 65.7. The van der Waals surface area contributed by atoms with Crippen molar-refractivity contribution in [1.82, 2.24) is 0 Å². The first-order valence-electron chi connectivity index (χ1n) is 33.4. The molecular weight excluding hydrogens is 1030 g/mol. The Morgan fingerprint density at radius 3 is 1.01 bits per heavy atom. The third-order valence-electron chi connectivity index (χ3n) is 14.1. The van der Waals surface area contributed by atoms with E-state index >= 15 is 0 Å². The maximum absolute atomic E-state index is 12.7. The largest absolute Gasteiger partial charge is 0.472 e. The zero-order valence-electron chi connectivity index (χ0n) is 52.2. The van der Waals surface area contributed by atoms with Gasteiger partial charge in [0.05, 0.1) is 13.2 Å². The van der Waals surface area contributed by atoms with Crippen molar-refractivity contribution in [2.24, 2.45) is 5.73 Å². The number of hydrogen-bond donors (Lipinski definition) is 2. The van der Waals surface area contributed by atoms with Crippen molar-refractivity contribution < 1.29 is 37.6 Å². The van der Waals surface area contributed by atoms with Crippen LogP contribution in [-0.2, 0) is 32.7 Å². The first-order valence-corrected chi connectivity index (χ1v) is 34.9. The average Bonchev–Trinajstić information content (AvgIpc) is 3.46. The fourth-order valence-corrected chi connectivity index (χ4v) is 10.0. The van der Waals surface area contributed by atoms with Crippen LogP contribution in [0.5, 0.6) is 0 Å². The van der Waals surface area contributed by atoms with E-state index in [1.54, 1.807) is 0 Å². The fraction of sp³-hybridized carbons (Fsp3) is 0.718. The monoisotopic (exact) mass is 1150 g/mol. The number of unbranched alkanes of at least 4 members (excludes halogenated alkanes) is 31. The predicted molar refractivity (Wildman–Crippen MR) is 348 cm³/mol. The fourth-order valence-electron chi connectivity index (χ4n) is 9.24. The molecule has 3 N–H and O–H groups in total. The van der Waals surface area contributed by atoms with Crippen molar-refractivity contribution in [3.8, 4) is 0 Å². The van der Waals surface area contributed by atoms with E-state index in [4.69, 9.17) is 24.3 Å². The van der Waals surface area contributed by atoms with Crippen LogP contribution in [-0.4, -0.2) is 49.3 Å². The second kappa shape index (κ2) is 65.8. The Labute approximate surface area is 499 Å². The van der Waals surface area contributed by atoms with Crippen LogP contribution in [0.4, 0.5) is 0 Å². The number of esters is 2. The lowest BCUT2D eigenvalue weighted by Crippen LogP contribution is -2.29. The number of phosphoric acid groups is 1. The van der Waals surface area contributed by atoms with Crippen LogP contribution in [0, 0.1) is 0 Å². The van der Waals surface area contributed by atoms with Crippen LogP contribution in [0.15, 0.2) is 109 Å². The van der Waals surface area contributed by atoms with Crippen molar-refractivity contribution in [3.05, 3.63) is 109 Å². The molecule has 0 aromatic carbocycles. The molecule has 0 radical (unpaired) electrons. The van der Waals surface area contributed by atoms with Gasteiger partial charge in [-0.1, -0.05) is 290 Å². The second-order valence-corrected chi connectivity index (χ2v) is 23.4. The standard InChI is InChI=1S/C71H124NO8P/c1-3-5-7-9-11-13-15-17-19-21-23-25-26-27-28-29-30-31-32-33-34-35-36-37-38-39-40-41-42-44-46-48-50-52-54-56-58-60-62-64-71(74)80-69(68-79-81(75,76)78-66-65-72)67-77-70(73)63-61-59-57-55-53-51-49-47-45-43-24-22-20-18-16-14-12-10-8-6-4-2/h5,7,11,13,16-19,22-25,27-28,30-31,45,47,69H,3-4,6,8-10,12,14-15,20-21,26,29,32-44,46,48-68,72H2,1-2H3,(H,75,76)/b7-5-,13-11-,18-16-,19-17-,24-22-,25-23-,28-27-,31-30-,47-45-.